The first kappa shape index (κ1) is 31.0. The first-order chi connectivity index (χ1) is 11.0. The van der Waals surface area contributed by atoms with Crippen LogP contribution in [0.4, 0.5) is 0 Å². The number of rotatable bonds is 9. The van der Waals surface area contributed by atoms with E-state index in [9.17, 15) is 44.1 Å². The van der Waals surface area contributed by atoms with Crippen LogP contribution in [0.1, 0.15) is 59.3 Å². The number of carboxylic acids is 3. The molecule has 0 aromatic carbocycles. The summed E-state index contributed by atoms with van der Waals surface area (Å²) < 4.78 is 0. The summed E-state index contributed by atoms with van der Waals surface area (Å²) in [5.74, 6) is -4.74. The van der Waals surface area contributed by atoms with Gasteiger partial charge in [0.1, 0.15) is 17.3 Å². The van der Waals surface area contributed by atoms with Gasteiger partial charge in [-0.15, -0.1) is 0 Å². The van der Waals surface area contributed by atoms with Crippen molar-refractivity contribution in [3.63, 3.8) is 0 Å². The van der Waals surface area contributed by atoms with Crippen LogP contribution in [0.3, 0.4) is 0 Å². The Morgan fingerprint density at radius 1 is 0.520 bits per heavy atom. The van der Waals surface area contributed by atoms with Crippen LogP contribution in [-0.4, -0.2) is 35.3 Å². The van der Waals surface area contributed by atoms with Crippen LogP contribution in [0.15, 0.2) is 0 Å². The molecule has 0 aliphatic carbocycles. The Morgan fingerprint density at radius 3 is 0.720 bits per heavy atom. The van der Waals surface area contributed by atoms with Crippen LogP contribution in [0.2, 0.25) is 0 Å². The number of aliphatic carboxylic acids is 3. The molecule has 0 amide bonds. The zero-order chi connectivity index (χ0) is 19.7. The van der Waals surface area contributed by atoms with Gasteiger partial charge in [0.25, 0.3) is 0 Å². The minimum atomic E-state index is -1.29. The summed E-state index contributed by atoms with van der Waals surface area (Å²) in [6, 6.07) is 0. The molecule has 0 saturated heterocycles. The van der Waals surface area contributed by atoms with E-state index in [0.29, 0.717) is 0 Å². The van der Waals surface area contributed by atoms with Crippen LogP contribution in [0.5, 0.6) is 0 Å². The van der Waals surface area contributed by atoms with Gasteiger partial charge in [0.2, 0.25) is 0 Å². The molecule has 0 rings (SSSR count). The molecule has 0 fully saturated rings. The molecule has 139 valence electrons. The van der Waals surface area contributed by atoms with E-state index >= 15 is 0 Å². The molecule has 10 heteroatoms. The van der Waals surface area contributed by atoms with Crippen molar-refractivity contribution < 1.29 is 65.8 Å². The van der Waals surface area contributed by atoms with Gasteiger partial charge in [-0.25, -0.2) is 0 Å². The maximum Gasteiger partial charge on any atom is 3.00 e. The van der Waals surface area contributed by atoms with Crippen molar-refractivity contribution in [2.45, 2.75) is 59.3 Å². The number of carbonyl (C=O) groups excluding carboxylic acids is 6. The minimum absolute atomic E-state index is 0. The molecule has 0 spiro atoms. The topological polar surface area (TPSA) is 172 Å². The van der Waals surface area contributed by atoms with Gasteiger partial charge in [-0.05, 0) is 0 Å². The number of carboxylic acid groups (broad SMARTS) is 3. The fourth-order valence-corrected chi connectivity index (χ4v) is 0.858. The van der Waals surface area contributed by atoms with Crippen molar-refractivity contribution in [2.75, 3.05) is 0 Å². The van der Waals surface area contributed by atoms with Crippen LogP contribution in [0, 0.1) is 0 Å². The summed E-state index contributed by atoms with van der Waals surface area (Å²) in [5, 5.41) is 28.9. The van der Waals surface area contributed by atoms with E-state index in [-0.39, 0.29) is 58.3 Å². The van der Waals surface area contributed by atoms with Gasteiger partial charge in [-0.1, -0.05) is 20.8 Å². The van der Waals surface area contributed by atoms with E-state index < -0.39 is 37.2 Å². The maximum absolute atomic E-state index is 10.2. The molecule has 1 radical (unpaired) electrons. The number of hydrogen-bond acceptors (Lipinski definition) is 9. The Labute approximate surface area is 160 Å². The molecular formula is C15H21O9Ti. The van der Waals surface area contributed by atoms with Crippen molar-refractivity contribution in [3.05, 3.63) is 0 Å². The van der Waals surface area contributed by atoms with Crippen molar-refractivity contribution in [1.29, 1.82) is 0 Å². The molecule has 0 N–H and O–H groups in total. The maximum atomic E-state index is 10.2. The predicted molar refractivity (Wildman–Crippen MR) is 74.8 cm³/mol. The number of hydrogen-bond donors (Lipinski definition) is 0. The molecule has 0 aromatic rings. The summed E-state index contributed by atoms with van der Waals surface area (Å²) in [6.45, 7) is 4.85. The average molecular weight is 393 g/mol. The molecule has 0 aromatic heterocycles. The fraction of sp³-hybridized carbons (Fsp3) is 0.600. The number of ketones is 3. The van der Waals surface area contributed by atoms with Crippen molar-refractivity contribution in [2.24, 2.45) is 0 Å². The molecule has 0 bridgehead atoms. The second kappa shape index (κ2) is 20.2. The number of carbonyl (C=O) groups is 6. The minimum Gasteiger partial charge on any atom is -0.550 e. The van der Waals surface area contributed by atoms with Crippen LogP contribution < -0.4 is 15.3 Å². The molecule has 0 aliphatic heterocycles. The average Bonchev–Trinajstić information content (AvgIpc) is 2.46. The largest absolute Gasteiger partial charge is 3.00 e. The first-order valence-corrected chi connectivity index (χ1v) is 7.14. The normalized spacial score (nSPS) is 8.28. The van der Waals surface area contributed by atoms with E-state index in [1.165, 1.54) is 0 Å². The van der Waals surface area contributed by atoms with Gasteiger partial charge in [-0.3, -0.25) is 14.4 Å². The van der Waals surface area contributed by atoms with E-state index in [2.05, 4.69) is 0 Å². The summed E-state index contributed by atoms with van der Waals surface area (Å²) >= 11 is 0. The summed E-state index contributed by atoms with van der Waals surface area (Å²) in [7, 11) is 0. The van der Waals surface area contributed by atoms with E-state index in [1.807, 2.05) is 0 Å². The molecule has 25 heavy (non-hydrogen) atoms. The molecular weight excluding hydrogens is 372 g/mol. The molecule has 0 atom stereocenters. The van der Waals surface area contributed by atoms with Crippen molar-refractivity contribution in [3.8, 4) is 0 Å². The zero-order valence-electron chi connectivity index (χ0n) is 14.4. The third-order valence-electron chi connectivity index (χ3n) is 2.21. The standard InChI is InChI=1S/3C5H8O3.Ti/c3*1-2-4(6)3-5(7)8;/h3*2-3H2,1H3,(H,7,8);/q;;;+3/p-3. The van der Waals surface area contributed by atoms with Gasteiger partial charge in [-0.2, -0.15) is 0 Å². The van der Waals surface area contributed by atoms with Crippen molar-refractivity contribution >= 4 is 35.3 Å². The van der Waals surface area contributed by atoms with E-state index in [4.69, 9.17) is 0 Å². The Bertz CT molecular complexity index is 391. The molecule has 0 saturated carbocycles. The quantitative estimate of drug-likeness (QED) is 0.299. The van der Waals surface area contributed by atoms with Gasteiger partial charge in [0, 0.05) is 56.4 Å². The predicted octanol–water partition coefficient (Wildman–Crippen LogP) is -2.69. The summed E-state index contributed by atoms with van der Waals surface area (Å²) in [6.07, 6.45) is -0.528. The second-order valence-corrected chi connectivity index (χ2v) is 4.32. The smallest absolute Gasteiger partial charge is 0.550 e. The van der Waals surface area contributed by atoms with Gasteiger partial charge < -0.3 is 29.7 Å². The van der Waals surface area contributed by atoms with Crippen molar-refractivity contribution in [1.82, 2.24) is 0 Å². The summed E-state index contributed by atoms with van der Waals surface area (Å²) in [5.41, 5.74) is 0. The molecule has 9 nitrogen and oxygen atoms in total. The Morgan fingerprint density at radius 2 is 0.680 bits per heavy atom. The monoisotopic (exact) mass is 393 g/mol. The molecule has 0 unspecified atom stereocenters. The van der Waals surface area contributed by atoms with Crippen LogP contribution in [0.25, 0.3) is 0 Å². The van der Waals surface area contributed by atoms with Crippen LogP contribution in [-0.2, 0) is 50.5 Å². The molecule has 0 aliphatic rings. The zero-order valence-corrected chi connectivity index (χ0v) is 16.0. The van der Waals surface area contributed by atoms with Gasteiger partial charge >= 0.3 is 21.7 Å². The van der Waals surface area contributed by atoms with Gasteiger partial charge in [0.05, 0.1) is 0 Å². The van der Waals surface area contributed by atoms with E-state index in [1.54, 1.807) is 20.8 Å². The van der Waals surface area contributed by atoms with E-state index in [0.717, 1.165) is 0 Å². The first-order valence-electron chi connectivity index (χ1n) is 7.14. The molecule has 0 heterocycles. The third-order valence-corrected chi connectivity index (χ3v) is 2.21. The summed E-state index contributed by atoms with van der Waals surface area (Å²) in [4.78, 5) is 59.5. The Balaban J connectivity index is -0.000000130. The Hall–Kier alpha value is -1.87. The fourth-order valence-electron chi connectivity index (χ4n) is 0.858. The number of Topliss-reactive ketones (excluding diaryl/α,β-unsaturated/α-hetero) is 3. The van der Waals surface area contributed by atoms with Crippen LogP contribution >= 0.6 is 0 Å². The second-order valence-electron chi connectivity index (χ2n) is 4.32. The Kier molecular flexibility index (Phi) is 25.0. The third kappa shape index (κ3) is 34.5. The SMILES string of the molecule is CCC(=O)CC(=O)[O-].CCC(=O)CC(=O)[O-].CCC(=O)CC(=O)[O-].[Ti+3]. The van der Waals surface area contributed by atoms with Gasteiger partial charge in [0.15, 0.2) is 0 Å².